The van der Waals surface area contributed by atoms with Crippen molar-refractivity contribution < 1.29 is 4.39 Å². The van der Waals surface area contributed by atoms with Gasteiger partial charge in [-0.2, -0.15) is 0 Å². The molecule has 0 aliphatic heterocycles. The molecule has 2 rings (SSSR count). The maximum Gasteiger partial charge on any atom is 0.127 e. The average Bonchev–Trinajstić information content (AvgIpc) is 2.63. The van der Waals surface area contributed by atoms with Crippen molar-refractivity contribution in [3.63, 3.8) is 0 Å². The van der Waals surface area contributed by atoms with Gasteiger partial charge in [0.1, 0.15) is 10.8 Å². The molecular formula is C13H15FN2S. The van der Waals surface area contributed by atoms with Gasteiger partial charge >= 0.3 is 0 Å². The fraction of sp³-hybridized carbons (Fsp3) is 0.308. The number of hydrogen-bond acceptors (Lipinski definition) is 3. The Morgan fingerprint density at radius 1 is 1.35 bits per heavy atom. The highest BCUT2D eigenvalue weighted by Crippen LogP contribution is 2.30. The van der Waals surface area contributed by atoms with Gasteiger partial charge in [0.15, 0.2) is 0 Å². The number of benzene rings is 1. The Hall–Kier alpha value is -1.26. The topological polar surface area (TPSA) is 38.9 Å². The third kappa shape index (κ3) is 2.37. The van der Waals surface area contributed by atoms with E-state index >= 15 is 0 Å². The quantitative estimate of drug-likeness (QED) is 0.909. The first-order chi connectivity index (χ1) is 8.13. The Balaban J connectivity index is 2.44. The molecule has 0 saturated carbocycles. The summed E-state index contributed by atoms with van der Waals surface area (Å²) in [6.07, 6.45) is 0. The lowest BCUT2D eigenvalue weighted by Crippen LogP contribution is -2.15. The third-order valence-corrected chi connectivity index (χ3v) is 4.05. The molecule has 2 nitrogen and oxygen atoms in total. The van der Waals surface area contributed by atoms with Gasteiger partial charge in [0.25, 0.3) is 0 Å². The van der Waals surface area contributed by atoms with Gasteiger partial charge in [-0.3, -0.25) is 0 Å². The maximum absolute atomic E-state index is 13.7. The second kappa shape index (κ2) is 4.94. The summed E-state index contributed by atoms with van der Waals surface area (Å²) in [5.74, 6) is -0.359. The van der Waals surface area contributed by atoms with E-state index in [-0.39, 0.29) is 11.7 Å². The van der Waals surface area contributed by atoms with Crippen LogP contribution in [0, 0.1) is 19.7 Å². The van der Waals surface area contributed by atoms with E-state index in [2.05, 4.69) is 4.98 Å². The monoisotopic (exact) mass is 250 g/mol. The van der Waals surface area contributed by atoms with E-state index in [0.717, 1.165) is 15.6 Å². The largest absolute Gasteiger partial charge is 0.329 e. The van der Waals surface area contributed by atoms with Crippen LogP contribution in [-0.2, 0) is 0 Å². The van der Waals surface area contributed by atoms with E-state index in [0.29, 0.717) is 12.1 Å². The molecule has 0 amide bonds. The lowest BCUT2D eigenvalue weighted by molar-refractivity contribution is 0.596. The van der Waals surface area contributed by atoms with Crippen molar-refractivity contribution in [2.24, 2.45) is 5.73 Å². The summed E-state index contributed by atoms with van der Waals surface area (Å²) in [4.78, 5) is 5.63. The van der Waals surface area contributed by atoms with Crippen LogP contribution in [0.1, 0.15) is 27.1 Å². The van der Waals surface area contributed by atoms with Crippen LogP contribution >= 0.6 is 11.3 Å². The summed E-state index contributed by atoms with van der Waals surface area (Å²) in [7, 11) is 0. The van der Waals surface area contributed by atoms with Crippen molar-refractivity contribution in [2.75, 3.05) is 6.54 Å². The standard InChI is InChI=1S/C13H15FN2S/c1-8-9(2)17-13(16-8)11(7-15)10-5-3-4-6-12(10)14/h3-6,11H,7,15H2,1-2H3. The van der Waals surface area contributed by atoms with Crippen molar-refractivity contribution in [3.05, 3.63) is 51.2 Å². The summed E-state index contributed by atoms with van der Waals surface area (Å²) in [6.45, 7) is 4.35. The SMILES string of the molecule is Cc1nc(C(CN)c2ccccc2F)sc1C. The van der Waals surface area contributed by atoms with Crippen molar-refractivity contribution >= 4 is 11.3 Å². The highest BCUT2D eigenvalue weighted by Gasteiger charge is 2.20. The summed E-state index contributed by atoms with van der Waals surface area (Å²) in [6, 6.07) is 6.75. The number of aryl methyl sites for hydroxylation is 2. The van der Waals surface area contributed by atoms with Crippen LogP contribution in [0.15, 0.2) is 24.3 Å². The zero-order valence-electron chi connectivity index (χ0n) is 9.90. The number of hydrogen-bond donors (Lipinski definition) is 1. The molecule has 90 valence electrons. The minimum Gasteiger partial charge on any atom is -0.329 e. The molecule has 0 aliphatic carbocycles. The minimum absolute atomic E-state index is 0.145. The average molecular weight is 250 g/mol. The summed E-state index contributed by atoms with van der Waals surface area (Å²) in [5, 5.41) is 0.896. The van der Waals surface area contributed by atoms with E-state index in [1.807, 2.05) is 19.9 Å². The first-order valence-electron chi connectivity index (χ1n) is 5.52. The molecule has 0 fully saturated rings. The lowest BCUT2D eigenvalue weighted by atomic mass is 9.99. The van der Waals surface area contributed by atoms with Gasteiger partial charge < -0.3 is 5.73 Å². The molecule has 1 aromatic heterocycles. The molecule has 1 heterocycles. The lowest BCUT2D eigenvalue weighted by Gasteiger charge is -2.12. The normalized spacial score (nSPS) is 12.7. The Morgan fingerprint density at radius 2 is 2.06 bits per heavy atom. The van der Waals surface area contributed by atoms with Gasteiger partial charge in [0.2, 0.25) is 0 Å². The zero-order valence-corrected chi connectivity index (χ0v) is 10.7. The predicted molar refractivity (Wildman–Crippen MR) is 68.9 cm³/mol. The van der Waals surface area contributed by atoms with Gasteiger partial charge in [-0.1, -0.05) is 18.2 Å². The third-order valence-electron chi connectivity index (χ3n) is 2.86. The van der Waals surface area contributed by atoms with Crippen LogP contribution < -0.4 is 5.73 Å². The van der Waals surface area contributed by atoms with Gasteiger partial charge in [0, 0.05) is 11.4 Å². The molecule has 2 aromatic rings. The smallest absolute Gasteiger partial charge is 0.127 e. The molecule has 0 bridgehead atoms. The molecule has 1 aromatic carbocycles. The Morgan fingerprint density at radius 3 is 2.59 bits per heavy atom. The fourth-order valence-electron chi connectivity index (χ4n) is 1.77. The minimum atomic E-state index is -0.214. The van der Waals surface area contributed by atoms with Crippen LogP contribution in [0.2, 0.25) is 0 Å². The predicted octanol–water partition coefficient (Wildman–Crippen LogP) is 2.99. The molecule has 0 radical (unpaired) electrons. The number of nitrogens with zero attached hydrogens (tertiary/aromatic N) is 1. The molecule has 4 heteroatoms. The number of thiazole rings is 1. The van der Waals surface area contributed by atoms with Crippen molar-refractivity contribution in [2.45, 2.75) is 19.8 Å². The molecule has 0 saturated heterocycles. The van der Waals surface area contributed by atoms with Crippen molar-refractivity contribution in [1.82, 2.24) is 4.98 Å². The highest BCUT2D eigenvalue weighted by atomic mass is 32.1. The molecule has 0 spiro atoms. The summed E-state index contributed by atoms with van der Waals surface area (Å²) < 4.78 is 13.7. The van der Waals surface area contributed by atoms with Crippen LogP contribution in [-0.4, -0.2) is 11.5 Å². The van der Waals surface area contributed by atoms with Crippen LogP contribution in [0.4, 0.5) is 4.39 Å². The van der Waals surface area contributed by atoms with E-state index in [1.54, 1.807) is 23.5 Å². The van der Waals surface area contributed by atoms with E-state index in [9.17, 15) is 4.39 Å². The second-order valence-electron chi connectivity index (χ2n) is 4.00. The molecule has 1 unspecified atom stereocenters. The van der Waals surface area contributed by atoms with E-state index in [4.69, 9.17) is 5.73 Å². The maximum atomic E-state index is 13.7. The van der Waals surface area contributed by atoms with Gasteiger partial charge in [-0.25, -0.2) is 9.37 Å². The number of halogens is 1. The van der Waals surface area contributed by atoms with E-state index < -0.39 is 0 Å². The van der Waals surface area contributed by atoms with Gasteiger partial charge in [0.05, 0.1) is 11.6 Å². The zero-order chi connectivity index (χ0) is 12.4. The van der Waals surface area contributed by atoms with E-state index in [1.165, 1.54) is 6.07 Å². The van der Waals surface area contributed by atoms with Gasteiger partial charge in [-0.05, 0) is 25.5 Å². The Bertz CT molecular complexity index is 502. The Labute approximate surface area is 104 Å². The summed E-state index contributed by atoms with van der Waals surface area (Å²) in [5.41, 5.74) is 7.39. The number of nitrogens with two attached hydrogens (primary N) is 1. The van der Waals surface area contributed by atoms with Gasteiger partial charge in [-0.15, -0.1) is 11.3 Å². The first-order valence-corrected chi connectivity index (χ1v) is 6.33. The fourth-order valence-corrected chi connectivity index (χ4v) is 2.82. The molecule has 0 aliphatic rings. The highest BCUT2D eigenvalue weighted by molar-refractivity contribution is 7.11. The van der Waals surface area contributed by atoms with Crippen LogP contribution in [0.3, 0.4) is 0 Å². The molecule has 1 atom stereocenters. The van der Waals surface area contributed by atoms with Crippen molar-refractivity contribution in [1.29, 1.82) is 0 Å². The molecule has 2 N–H and O–H groups in total. The summed E-state index contributed by atoms with van der Waals surface area (Å²) >= 11 is 1.59. The van der Waals surface area contributed by atoms with Crippen LogP contribution in [0.5, 0.6) is 0 Å². The van der Waals surface area contributed by atoms with Crippen LogP contribution in [0.25, 0.3) is 0 Å². The molecule has 17 heavy (non-hydrogen) atoms. The second-order valence-corrected chi connectivity index (χ2v) is 5.24. The molecular weight excluding hydrogens is 235 g/mol. The first kappa shape index (κ1) is 12.2. The number of aromatic nitrogens is 1. The Kier molecular flexibility index (Phi) is 3.54. The number of rotatable bonds is 3. The van der Waals surface area contributed by atoms with Crippen molar-refractivity contribution in [3.8, 4) is 0 Å².